The van der Waals surface area contributed by atoms with E-state index in [0.29, 0.717) is 18.3 Å². The summed E-state index contributed by atoms with van der Waals surface area (Å²) in [4.78, 5) is 0. The van der Waals surface area contributed by atoms with Crippen LogP contribution in [0.4, 0.5) is 10.1 Å². The zero-order valence-electron chi connectivity index (χ0n) is 7.29. The van der Waals surface area contributed by atoms with Crippen molar-refractivity contribution in [2.24, 2.45) is 5.92 Å². The van der Waals surface area contributed by atoms with Crippen molar-refractivity contribution in [2.75, 3.05) is 12.3 Å². The molecule has 0 amide bonds. The molecule has 1 saturated carbocycles. The van der Waals surface area contributed by atoms with Crippen LogP contribution in [0, 0.1) is 11.7 Å². The van der Waals surface area contributed by atoms with E-state index in [0.717, 1.165) is 0 Å². The third-order valence-corrected chi connectivity index (χ3v) is 2.18. The Morgan fingerprint density at radius 1 is 1.46 bits per heavy atom. The van der Waals surface area contributed by atoms with Crippen LogP contribution in [0.25, 0.3) is 0 Å². The Morgan fingerprint density at radius 3 is 2.92 bits per heavy atom. The van der Waals surface area contributed by atoms with Gasteiger partial charge in [0.1, 0.15) is 17.3 Å². The third-order valence-electron chi connectivity index (χ3n) is 2.18. The van der Waals surface area contributed by atoms with E-state index >= 15 is 0 Å². The summed E-state index contributed by atoms with van der Waals surface area (Å²) in [5.74, 6) is 0.711. The van der Waals surface area contributed by atoms with E-state index < -0.39 is 5.82 Å². The Morgan fingerprint density at radius 2 is 2.23 bits per heavy atom. The van der Waals surface area contributed by atoms with Gasteiger partial charge in [-0.3, -0.25) is 0 Å². The Kier molecular flexibility index (Phi) is 2.08. The number of hydrogen-bond acceptors (Lipinski definition) is 2. The van der Waals surface area contributed by atoms with Crippen molar-refractivity contribution in [1.29, 1.82) is 0 Å². The van der Waals surface area contributed by atoms with Gasteiger partial charge in [0.15, 0.2) is 0 Å². The highest BCUT2D eigenvalue weighted by atomic mass is 19.1. The zero-order valence-corrected chi connectivity index (χ0v) is 7.29. The maximum absolute atomic E-state index is 12.9. The molecular weight excluding hydrogens is 169 g/mol. The van der Waals surface area contributed by atoms with Crippen LogP contribution in [0.3, 0.4) is 0 Å². The van der Waals surface area contributed by atoms with Crippen LogP contribution in [-0.4, -0.2) is 6.61 Å². The first-order valence-corrected chi connectivity index (χ1v) is 4.44. The van der Waals surface area contributed by atoms with E-state index in [1.807, 2.05) is 0 Å². The summed E-state index contributed by atoms with van der Waals surface area (Å²) in [7, 11) is 0. The Hall–Kier alpha value is -1.25. The molecule has 0 bridgehead atoms. The smallest absolute Gasteiger partial charge is 0.149 e. The number of halogens is 1. The van der Waals surface area contributed by atoms with Gasteiger partial charge >= 0.3 is 0 Å². The van der Waals surface area contributed by atoms with Crippen LogP contribution in [0.2, 0.25) is 0 Å². The molecule has 1 aliphatic rings. The molecule has 1 aliphatic carbocycles. The van der Waals surface area contributed by atoms with Crippen LogP contribution >= 0.6 is 0 Å². The third kappa shape index (κ3) is 1.91. The molecule has 0 heterocycles. The lowest BCUT2D eigenvalue weighted by Crippen LogP contribution is -2.02. The van der Waals surface area contributed by atoms with E-state index in [-0.39, 0.29) is 5.69 Å². The maximum atomic E-state index is 12.9. The highest BCUT2D eigenvalue weighted by Crippen LogP contribution is 2.31. The van der Waals surface area contributed by atoms with Gasteiger partial charge in [0.2, 0.25) is 0 Å². The van der Waals surface area contributed by atoms with Gasteiger partial charge in [0.05, 0.1) is 6.61 Å². The molecule has 2 rings (SSSR count). The average Bonchev–Trinajstić information content (AvgIpc) is 2.91. The van der Waals surface area contributed by atoms with Gasteiger partial charge in [-0.1, -0.05) is 6.07 Å². The summed E-state index contributed by atoms with van der Waals surface area (Å²) in [6, 6.07) is 4.63. The molecule has 0 saturated heterocycles. The standard InChI is InChI=1S/C10H12FNO/c11-8-2-1-3-9(10(8)12)13-6-7-4-5-7/h1-3,7H,4-6,12H2. The molecule has 0 unspecified atom stereocenters. The van der Waals surface area contributed by atoms with E-state index in [1.165, 1.54) is 18.9 Å². The molecule has 0 aromatic heterocycles. The molecule has 0 spiro atoms. The molecule has 1 aromatic rings. The van der Waals surface area contributed by atoms with Crippen molar-refractivity contribution in [1.82, 2.24) is 0 Å². The molecule has 0 aliphatic heterocycles. The summed E-state index contributed by atoms with van der Waals surface area (Å²) in [6.07, 6.45) is 2.43. The van der Waals surface area contributed by atoms with E-state index in [1.54, 1.807) is 12.1 Å². The van der Waals surface area contributed by atoms with Crippen molar-refractivity contribution in [3.8, 4) is 5.75 Å². The van der Waals surface area contributed by atoms with Crippen LogP contribution in [0.5, 0.6) is 5.75 Å². The molecule has 13 heavy (non-hydrogen) atoms. The van der Waals surface area contributed by atoms with Gasteiger partial charge < -0.3 is 10.5 Å². The Balaban J connectivity index is 2.05. The second-order valence-electron chi connectivity index (χ2n) is 3.41. The zero-order chi connectivity index (χ0) is 9.26. The first-order chi connectivity index (χ1) is 6.27. The number of benzene rings is 1. The van der Waals surface area contributed by atoms with Crippen LogP contribution in [0.15, 0.2) is 18.2 Å². The molecule has 70 valence electrons. The maximum Gasteiger partial charge on any atom is 0.149 e. The van der Waals surface area contributed by atoms with Gasteiger partial charge in [-0.25, -0.2) is 4.39 Å². The monoisotopic (exact) mass is 181 g/mol. The molecule has 2 nitrogen and oxygen atoms in total. The summed E-state index contributed by atoms with van der Waals surface area (Å²) >= 11 is 0. The van der Waals surface area contributed by atoms with Crippen molar-refractivity contribution < 1.29 is 9.13 Å². The van der Waals surface area contributed by atoms with Gasteiger partial charge in [-0.05, 0) is 30.9 Å². The lowest BCUT2D eigenvalue weighted by molar-refractivity contribution is 0.300. The van der Waals surface area contributed by atoms with Crippen molar-refractivity contribution in [3.63, 3.8) is 0 Å². The van der Waals surface area contributed by atoms with E-state index in [4.69, 9.17) is 10.5 Å². The van der Waals surface area contributed by atoms with E-state index in [2.05, 4.69) is 0 Å². The number of ether oxygens (including phenoxy) is 1. The highest BCUT2D eigenvalue weighted by Gasteiger charge is 2.22. The lowest BCUT2D eigenvalue weighted by atomic mass is 10.3. The first-order valence-electron chi connectivity index (χ1n) is 4.44. The number of nitrogens with two attached hydrogens (primary N) is 1. The molecule has 3 heteroatoms. The first kappa shape index (κ1) is 8.35. The molecule has 1 aromatic carbocycles. The predicted molar refractivity (Wildman–Crippen MR) is 49.0 cm³/mol. The second kappa shape index (κ2) is 3.24. The molecule has 2 N–H and O–H groups in total. The lowest BCUT2D eigenvalue weighted by Gasteiger charge is -2.07. The molecule has 0 atom stereocenters. The number of para-hydroxylation sites is 1. The Labute approximate surface area is 76.5 Å². The fraction of sp³-hybridized carbons (Fsp3) is 0.400. The summed E-state index contributed by atoms with van der Waals surface area (Å²) < 4.78 is 18.3. The van der Waals surface area contributed by atoms with Gasteiger partial charge in [-0.2, -0.15) is 0 Å². The van der Waals surface area contributed by atoms with Gasteiger partial charge in [0.25, 0.3) is 0 Å². The van der Waals surface area contributed by atoms with Gasteiger partial charge in [-0.15, -0.1) is 0 Å². The van der Waals surface area contributed by atoms with Crippen molar-refractivity contribution >= 4 is 5.69 Å². The SMILES string of the molecule is Nc1c(F)cccc1OCC1CC1. The van der Waals surface area contributed by atoms with Crippen LogP contribution in [-0.2, 0) is 0 Å². The van der Waals surface area contributed by atoms with Crippen LogP contribution in [0.1, 0.15) is 12.8 Å². The van der Waals surface area contributed by atoms with E-state index in [9.17, 15) is 4.39 Å². The fourth-order valence-corrected chi connectivity index (χ4v) is 1.14. The molecular formula is C10H12FNO. The molecule has 0 radical (unpaired) electrons. The number of nitrogen functional groups attached to an aromatic ring is 1. The highest BCUT2D eigenvalue weighted by molar-refractivity contribution is 5.53. The fourth-order valence-electron chi connectivity index (χ4n) is 1.14. The quantitative estimate of drug-likeness (QED) is 0.725. The normalized spacial score (nSPS) is 15.8. The number of rotatable bonds is 3. The molecule has 1 fully saturated rings. The van der Waals surface area contributed by atoms with Gasteiger partial charge in [0, 0.05) is 0 Å². The minimum Gasteiger partial charge on any atom is -0.491 e. The minimum absolute atomic E-state index is 0.114. The Bertz CT molecular complexity index is 310. The second-order valence-corrected chi connectivity index (χ2v) is 3.41. The number of hydrogen-bond donors (Lipinski definition) is 1. The number of anilines is 1. The summed E-state index contributed by atoms with van der Waals surface area (Å²) in [5, 5.41) is 0. The van der Waals surface area contributed by atoms with Crippen molar-refractivity contribution in [3.05, 3.63) is 24.0 Å². The topological polar surface area (TPSA) is 35.2 Å². The minimum atomic E-state index is -0.409. The summed E-state index contributed by atoms with van der Waals surface area (Å²) in [5.41, 5.74) is 5.60. The average molecular weight is 181 g/mol. The predicted octanol–water partition coefficient (Wildman–Crippen LogP) is 2.20. The largest absolute Gasteiger partial charge is 0.491 e. The summed E-state index contributed by atoms with van der Waals surface area (Å²) in [6.45, 7) is 0.660. The van der Waals surface area contributed by atoms with Crippen molar-refractivity contribution in [2.45, 2.75) is 12.8 Å². The van der Waals surface area contributed by atoms with Crippen LogP contribution < -0.4 is 10.5 Å².